The molecule has 3 heterocycles. The zero-order valence-electron chi connectivity index (χ0n) is 18.5. The summed E-state index contributed by atoms with van der Waals surface area (Å²) in [5, 5.41) is 7.79. The maximum Gasteiger partial charge on any atom is 0.272 e. The first-order valence-corrected chi connectivity index (χ1v) is 11.5. The van der Waals surface area contributed by atoms with Crippen LogP contribution >= 0.6 is 0 Å². The quantitative estimate of drug-likeness (QED) is 0.716. The molecule has 2 aromatic rings. The lowest BCUT2D eigenvalue weighted by atomic mass is 10.0. The first kappa shape index (κ1) is 21.0. The average Bonchev–Trinajstić information content (AvgIpc) is 3.33. The fourth-order valence-electron chi connectivity index (χ4n) is 4.53. The van der Waals surface area contributed by atoms with Crippen LogP contribution in [0.2, 0.25) is 0 Å². The number of ether oxygens (including phenoxy) is 2. The molecule has 8 heteroatoms. The zero-order valence-corrected chi connectivity index (χ0v) is 18.5. The van der Waals surface area contributed by atoms with Crippen LogP contribution in [-0.4, -0.2) is 58.9 Å². The molecule has 8 nitrogen and oxygen atoms in total. The molecule has 1 aromatic heterocycles. The van der Waals surface area contributed by atoms with Crippen molar-refractivity contribution in [1.29, 1.82) is 0 Å². The Kier molecular flexibility index (Phi) is 5.87. The van der Waals surface area contributed by atoms with Crippen LogP contribution in [0.5, 0.6) is 5.75 Å². The number of amides is 2. The topological polar surface area (TPSA) is 85.7 Å². The number of carbonyl (C=O) groups excluding carboxylic acids is 2. The van der Waals surface area contributed by atoms with Gasteiger partial charge in [-0.3, -0.25) is 14.3 Å². The Hall–Kier alpha value is -2.87. The van der Waals surface area contributed by atoms with Crippen molar-refractivity contribution >= 4 is 11.8 Å². The van der Waals surface area contributed by atoms with Gasteiger partial charge in [0.2, 0.25) is 0 Å². The molecule has 32 heavy (non-hydrogen) atoms. The van der Waals surface area contributed by atoms with Crippen LogP contribution in [-0.2, 0) is 35.5 Å². The Morgan fingerprint density at radius 1 is 1.22 bits per heavy atom. The number of carbonyl (C=O) groups is 2. The van der Waals surface area contributed by atoms with Gasteiger partial charge >= 0.3 is 0 Å². The van der Waals surface area contributed by atoms with Crippen LogP contribution in [0.3, 0.4) is 0 Å². The number of methoxy groups -OCH3 is 1. The lowest BCUT2D eigenvalue weighted by Crippen LogP contribution is -2.42. The van der Waals surface area contributed by atoms with E-state index in [1.165, 1.54) is 5.56 Å². The lowest BCUT2D eigenvalue weighted by Gasteiger charge is -2.29. The van der Waals surface area contributed by atoms with Gasteiger partial charge in [-0.15, -0.1) is 0 Å². The van der Waals surface area contributed by atoms with Gasteiger partial charge < -0.3 is 19.7 Å². The van der Waals surface area contributed by atoms with E-state index in [9.17, 15) is 9.59 Å². The van der Waals surface area contributed by atoms with E-state index < -0.39 is 0 Å². The van der Waals surface area contributed by atoms with Crippen LogP contribution in [0.25, 0.3) is 0 Å². The number of nitrogens with one attached hydrogen (secondary N) is 1. The molecule has 0 radical (unpaired) electrons. The van der Waals surface area contributed by atoms with Crippen molar-refractivity contribution in [2.24, 2.45) is 0 Å². The number of fused-ring (bicyclic) bond motifs is 1. The van der Waals surface area contributed by atoms with Crippen molar-refractivity contribution in [2.75, 3.05) is 20.3 Å². The standard InChI is InChI=1S/C24H30N4O4/c1-31-18-8-4-16(5-9-18)10-13-28-20-11-12-27(24(30)21-3-2-14-32-21)15-19(20)22(26-28)23(29)25-17-6-7-17/h4-5,8-9,17,21H,2-3,6-7,10-15H2,1H3,(H,25,29). The molecule has 5 rings (SSSR count). The van der Waals surface area contributed by atoms with Crippen LogP contribution in [0.4, 0.5) is 0 Å². The zero-order chi connectivity index (χ0) is 22.1. The molecule has 1 aromatic carbocycles. The highest BCUT2D eigenvalue weighted by atomic mass is 16.5. The Balaban J connectivity index is 1.36. The molecule has 2 aliphatic heterocycles. The number of aromatic nitrogens is 2. The number of nitrogens with zero attached hydrogens (tertiary/aromatic N) is 3. The normalized spacial score (nSPS) is 20.2. The molecule has 1 atom stereocenters. The second kappa shape index (κ2) is 8.94. The molecule has 1 unspecified atom stereocenters. The third kappa shape index (κ3) is 4.37. The first-order valence-electron chi connectivity index (χ1n) is 11.5. The minimum absolute atomic E-state index is 0.0349. The maximum atomic E-state index is 12.9. The molecule has 1 aliphatic carbocycles. The second-order valence-electron chi connectivity index (χ2n) is 8.85. The molecular weight excluding hydrogens is 408 g/mol. The third-order valence-corrected chi connectivity index (χ3v) is 6.55. The predicted molar refractivity (Wildman–Crippen MR) is 118 cm³/mol. The molecule has 2 fully saturated rings. The van der Waals surface area contributed by atoms with Crippen LogP contribution < -0.4 is 10.1 Å². The summed E-state index contributed by atoms with van der Waals surface area (Å²) < 4.78 is 12.8. The lowest BCUT2D eigenvalue weighted by molar-refractivity contribution is -0.141. The predicted octanol–water partition coefficient (Wildman–Crippen LogP) is 2.09. The average molecular weight is 439 g/mol. The van der Waals surface area contributed by atoms with Gasteiger partial charge in [-0.2, -0.15) is 5.10 Å². The Bertz CT molecular complexity index is 990. The van der Waals surface area contributed by atoms with Gasteiger partial charge in [0.25, 0.3) is 11.8 Å². The van der Waals surface area contributed by atoms with E-state index >= 15 is 0 Å². The molecule has 170 valence electrons. The number of benzene rings is 1. The summed E-state index contributed by atoms with van der Waals surface area (Å²) in [7, 11) is 1.66. The number of hydrogen-bond donors (Lipinski definition) is 1. The van der Waals surface area contributed by atoms with Crippen molar-refractivity contribution in [1.82, 2.24) is 20.0 Å². The van der Waals surface area contributed by atoms with Gasteiger partial charge in [0.05, 0.1) is 7.11 Å². The smallest absolute Gasteiger partial charge is 0.272 e. The number of hydrogen-bond acceptors (Lipinski definition) is 5. The van der Waals surface area contributed by atoms with Gasteiger partial charge in [0.1, 0.15) is 11.9 Å². The van der Waals surface area contributed by atoms with E-state index in [0.717, 1.165) is 49.1 Å². The Labute approximate surface area is 187 Å². The van der Waals surface area contributed by atoms with Crippen molar-refractivity contribution in [3.63, 3.8) is 0 Å². The molecule has 0 bridgehead atoms. The summed E-state index contributed by atoms with van der Waals surface area (Å²) in [6.07, 6.45) is 4.91. The Morgan fingerprint density at radius 2 is 2.03 bits per heavy atom. The molecule has 1 saturated carbocycles. The van der Waals surface area contributed by atoms with Gasteiger partial charge in [-0.1, -0.05) is 12.1 Å². The van der Waals surface area contributed by atoms with Gasteiger partial charge in [0.15, 0.2) is 5.69 Å². The van der Waals surface area contributed by atoms with Crippen LogP contribution in [0.1, 0.15) is 53.0 Å². The highest BCUT2D eigenvalue weighted by Crippen LogP contribution is 2.27. The molecule has 1 N–H and O–H groups in total. The van der Waals surface area contributed by atoms with Crippen molar-refractivity contribution in [3.8, 4) is 5.75 Å². The Morgan fingerprint density at radius 3 is 2.72 bits per heavy atom. The first-order chi connectivity index (χ1) is 15.6. The van der Waals surface area contributed by atoms with E-state index in [0.29, 0.717) is 38.4 Å². The molecule has 1 saturated heterocycles. The third-order valence-electron chi connectivity index (χ3n) is 6.55. The van der Waals surface area contributed by atoms with E-state index in [-0.39, 0.29) is 24.0 Å². The van der Waals surface area contributed by atoms with Crippen molar-refractivity contribution in [3.05, 3.63) is 46.8 Å². The maximum absolute atomic E-state index is 12.9. The second-order valence-corrected chi connectivity index (χ2v) is 8.85. The van der Waals surface area contributed by atoms with Crippen molar-refractivity contribution in [2.45, 2.75) is 63.8 Å². The number of rotatable bonds is 7. The fourth-order valence-corrected chi connectivity index (χ4v) is 4.53. The minimum Gasteiger partial charge on any atom is -0.497 e. The van der Waals surface area contributed by atoms with E-state index in [4.69, 9.17) is 14.6 Å². The molecule has 3 aliphatic rings. The van der Waals surface area contributed by atoms with Crippen LogP contribution in [0.15, 0.2) is 24.3 Å². The molecule has 0 spiro atoms. The fraction of sp³-hybridized carbons (Fsp3) is 0.542. The van der Waals surface area contributed by atoms with Gasteiger partial charge in [-0.05, 0) is 49.8 Å². The van der Waals surface area contributed by atoms with E-state index in [2.05, 4.69) is 17.4 Å². The summed E-state index contributed by atoms with van der Waals surface area (Å²) >= 11 is 0. The van der Waals surface area contributed by atoms with Gasteiger partial charge in [0, 0.05) is 50.0 Å². The number of aryl methyl sites for hydroxylation is 2. The SMILES string of the molecule is COc1ccc(CCn2nc(C(=O)NC3CC3)c3c2CCN(C(=O)C2CCCO2)C3)cc1. The molecular formula is C24H30N4O4. The van der Waals surface area contributed by atoms with Crippen molar-refractivity contribution < 1.29 is 19.1 Å². The van der Waals surface area contributed by atoms with Gasteiger partial charge in [-0.25, -0.2) is 0 Å². The summed E-state index contributed by atoms with van der Waals surface area (Å²) in [4.78, 5) is 27.7. The van der Waals surface area contributed by atoms with E-state index in [1.807, 2.05) is 21.7 Å². The molecule has 2 amide bonds. The summed E-state index contributed by atoms with van der Waals surface area (Å²) in [6, 6.07) is 8.28. The van der Waals surface area contributed by atoms with E-state index in [1.54, 1.807) is 7.11 Å². The largest absolute Gasteiger partial charge is 0.497 e. The summed E-state index contributed by atoms with van der Waals surface area (Å²) in [6.45, 7) is 2.38. The van der Waals surface area contributed by atoms with Crippen LogP contribution in [0, 0.1) is 0 Å². The monoisotopic (exact) mass is 438 g/mol. The summed E-state index contributed by atoms with van der Waals surface area (Å²) in [5.41, 5.74) is 3.60. The highest BCUT2D eigenvalue weighted by molar-refractivity contribution is 5.94. The minimum atomic E-state index is -0.342. The summed E-state index contributed by atoms with van der Waals surface area (Å²) in [5.74, 6) is 0.742. The highest BCUT2D eigenvalue weighted by Gasteiger charge is 2.35.